The number of hydrogen-bond acceptors (Lipinski definition) is 3. The van der Waals surface area contributed by atoms with Gasteiger partial charge in [0.15, 0.2) is 0 Å². The normalized spacial score (nSPS) is 22.1. The van der Waals surface area contributed by atoms with E-state index in [0.717, 1.165) is 36.3 Å². The Hall–Kier alpha value is -0.390. The van der Waals surface area contributed by atoms with Crippen molar-refractivity contribution in [2.24, 2.45) is 0 Å². The minimum Gasteiger partial charge on any atom is -0.309 e. The van der Waals surface area contributed by atoms with E-state index in [1.807, 2.05) is 0 Å². The Morgan fingerprint density at radius 2 is 1.95 bits per heavy atom. The second kappa shape index (κ2) is 5.43. The van der Waals surface area contributed by atoms with Crippen LogP contribution in [0, 0.1) is 6.92 Å². The van der Waals surface area contributed by atoms with E-state index in [1.54, 1.807) is 0 Å². The van der Waals surface area contributed by atoms with Crippen LogP contribution in [0.2, 0.25) is 0 Å². The van der Waals surface area contributed by atoms with Gasteiger partial charge in [-0.3, -0.25) is 9.58 Å². The van der Waals surface area contributed by atoms with Crippen molar-refractivity contribution >= 4 is 15.9 Å². The molecule has 0 bridgehead atoms. The van der Waals surface area contributed by atoms with Crippen LogP contribution in [0.4, 0.5) is 0 Å². The van der Waals surface area contributed by atoms with Crippen LogP contribution < -0.4 is 5.32 Å². The highest BCUT2D eigenvalue weighted by Gasteiger charge is 2.38. The van der Waals surface area contributed by atoms with Crippen LogP contribution in [0.25, 0.3) is 0 Å². The van der Waals surface area contributed by atoms with Crippen molar-refractivity contribution in [3.05, 3.63) is 15.9 Å². The highest BCUT2D eigenvalue weighted by atomic mass is 79.9. The zero-order valence-corrected chi connectivity index (χ0v) is 15.1. The van der Waals surface area contributed by atoms with Gasteiger partial charge >= 0.3 is 0 Å². The van der Waals surface area contributed by atoms with Gasteiger partial charge in [-0.15, -0.1) is 0 Å². The van der Waals surface area contributed by atoms with E-state index < -0.39 is 0 Å². The van der Waals surface area contributed by atoms with Gasteiger partial charge in [-0.25, -0.2) is 0 Å². The minimum atomic E-state index is 0.158. The molecule has 1 aromatic heterocycles. The third-order valence-corrected chi connectivity index (χ3v) is 5.27. The van der Waals surface area contributed by atoms with Gasteiger partial charge in [-0.2, -0.15) is 5.10 Å². The molecule has 4 nitrogen and oxygen atoms in total. The average molecular weight is 343 g/mol. The Labute approximate surface area is 131 Å². The van der Waals surface area contributed by atoms with E-state index in [0.29, 0.717) is 0 Å². The summed E-state index contributed by atoms with van der Waals surface area (Å²) in [5, 5.41) is 8.24. The van der Waals surface area contributed by atoms with E-state index in [4.69, 9.17) is 0 Å². The summed E-state index contributed by atoms with van der Waals surface area (Å²) in [5.41, 5.74) is 2.68. The monoisotopic (exact) mass is 342 g/mol. The molecule has 0 atom stereocenters. The molecule has 2 rings (SSSR count). The topological polar surface area (TPSA) is 33.1 Å². The molecule has 1 aliphatic heterocycles. The fraction of sp³-hybridized carbons (Fsp3) is 0.800. The van der Waals surface area contributed by atoms with Crippen molar-refractivity contribution in [2.75, 3.05) is 13.1 Å². The van der Waals surface area contributed by atoms with Crippen molar-refractivity contribution < 1.29 is 0 Å². The third-order valence-electron chi connectivity index (χ3n) is 4.24. The van der Waals surface area contributed by atoms with Gasteiger partial charge in [0.2, 0.25) is 0 Å². The van der Waals surface area contributed by atoms with E-state index >= 15 is 0 Å². The Kier molecular flexibility index (Phi) is 4.34. The lowest BCUT2D eigenvalue weighted by molar-refractivity contribution is 0.0301. The Morgan fingerprint density at radius 3 is 2.55 bits per heavy atom. The molecule has 5 heteroatoms. The van der Waals surface area contributed by atoms with E-state index in [-0.39, 0.29) is 11.1 Å². The molecule has 114 valence electrons. The highest BCUT2D eigenvalue weighted by Crippen LogP contribution is 2.29. The standard InChI is InChI=1S/C15H27BrN4/c1-7-20-12(13(16)11(2)18-20)8-19-10-14(3,4)17-9-15(19,5)6/h17H,7-10H2,1-6H3. The maximum atomic E-state index is 4.61. The van der Waals surface area contributed by atoms with Crippen molar-refractivity contribution in [1.29, 1.82) is 0 Å². The van der Waals surface area contributed by atoms with Crippen LogP contribution >= 0.6 is 15.9 Å². The summed E-state index contributed by atoms with van der Waals surface area (Å²) >= 11 is 3.71. The van der Waals surface area contributed by atoms with Crippen molar-refractivity contribution in [1.82, 2.24) is 20.0 Å². The van der Waals surface area contributed by atoms with Gasteiger partial charge in [0.05, 0.1) is 15.9 Å². The SMILES string of the molecule is CCn1nc(C)c(Br)c1CN1CC(C)(C)NCC1(C)C. The first-order valence-electron chi connectivity index (χ1n) is 7.38. The predicted octanol–water partition coefficient (Wildman–Crippen LogP) is 2.94. The second-order valence-corrected chi connectivity index (χ2v) is 7.86. The maximum absolute atomic E-state index is 4.61. The summed E-state index contributed by atoms with van der Waals surface area (Å²) in [4.78, 5) is 2.57. The number of halogens is 1. The van der Waals surface area contributed by atoms with Gasteiger partial charge in [-0.1, -0.05) is 0 Å². The van der Waals surface area contributed by atoms with Crippen molar-refractivity contribution in [3.63, 3.8) is 0 Å². The van der Waals surface area contributed by atoms with E-state index in [9.17, 15) is 0 Å². The second-order valence-electron chi connectivity index (χ2n) is 7.07. The first kappa shape index (κ1) is 16.0. The van der Waals surface area contributed by atoms with Crippen molar-refractivity contribution in [3.8, 4) is 0 Å². The van der Waals surface area contributed by atoms with Crippen LogP contribution in [-0.4, -0.2) is 38.8 Å². The van der Waals surface area contributed by atoms with Gasteiger partial charge in [0.1, 0.15) is 0 Å². The summed E-state index contributed by atoms with van der Waals surface area (Å²) in [6.45, 7) is 17.3. The number of aryl methyl sites for hydroxylation is 2. The molecule has 0 radical (unpaired) electrons. The molecule has 0 spiro atoms. The molecule has 0 amide bonds. The number of nitrogens with zero attached hydrogens (tertiary/aromatic N) is 3. The number of hydrogen-bond donors (Lipinski definition) is 1. The summed E-state index contributed by atoms with van der Waals surface area (Å²) in [6, 6.07) is 0. The minimum absolute atomic E-state index is 0.158. The first-order valence-corrected chi connectivity index (χ1v) is 8.17. The zero-order valence-electron chi connectivity index (χ0n) is 13.5. The van der Waals surface area contributed by atoms with Gasteiger partial charge in [0, 0.05) is 37.3 Å². The Bertz CT molecular complexity index is 490. The smallest absolute Gasteiger partial charge is 0.0739 e. The van der Waals surface area contributed by atoms with Crippen LogP contribution in [0.15, 0.2) is 4.47 Å². The summed E-state index contributed by atoms with van der Waals surface area (Å²) in [5.74, 6) is 0. The fourth-order valence-corrected chi connectivity index (χ4v) is 3.19. The molecule has 1 N–H and O–H groups in total. The summed E-state index contributed by atoms with van der Waals surface area (Å²) in [7, 11) is 0. The summed E-state index contributed by atoms with van der Waals surface area (Å²) < 4.78 is 3.27. The molecule has 2 heterocycles. The van der Waals surface area contributed by atoms with Gasteiger partial charge in [0.25, 0.3) is 0 Å². The fourth-order valence-electron chi connectivity index (χ4n) is 2.79. The molecule has 0 unspecified atom stereocenters. The number of rotatable bonds is 3. The Balaban J connectivity index is 2.27. The number of aromatic nitrogens is 2. The molecule has 0 aliphatic carbocycles. The molecule has 1 saturated heterocycles. The molecule has 1 fully saturated rings. The van der Waals surface area contributed by atoms with Gasteiger partial charge < -0.3 is 5.32 Å². The molecular weight excluding hydrogens is 316 g/mol. The third kappa shape index (κ3) is 3.10. The molecular formula is C15H27BrN4. The lowest BCUT2D eigenvalue weighted by Gasteiger charge is -2.49. The maximum Gasteiger partial charge on any atom is 0.0739 e. The highest BCUT2D eigenvalue weighted by molar-refractivity contribution is 9.10. The van der Waals surface area contributed by atoms with E-state index in [2.05, 4.69) is 77.5 Å². The largest absolute Gasteiger partial charge is 0.309 e. The van der Waals surface area contributed by atoms with Crippen LogP contribution in [0.5, 0.6) is 0 Å². The summed E-state index contributed by atoms with van der Waals surface area (Å²) in [6.07, 6.45) is 0. The molecule has 20 heavy (non-hydrogen) atoms. The average Bonchev–Trinajstić information content (AvgIpc) is 2.62. The van der Waals surface area contributed by atoms with Crippen molar-refractivity contribution in [2.45, 2.75) is 65.7 Å². The van der Waals surface area contributed by atoms with E-state index in [1.165, 1.54) is 5.69 Å². The van der Waals surface area contributed by atoms with Crippen LogP contribution in [0.3, 0.4) is 0 Å². The molecule has 1 aromatic rings. The van der Waals surface area contributed by atoms with Crippen LogP contribution in [0.1, 0.15) is 46.0 Å². The lowest BCUT2D eigenvalue weighted by atomic mass is 9.91. The molecule has 0 saturated carbocycles. The first-order chi connectivity index (χ1) is 9.16. The Morgan fingerprint density at radius 1 is 1.30 bits per heavy atom. The van der Waals surface area contributed by atoms with Gasteiger partial charge in [-0.05, 0) is 57.5 Å². The predicted molar refractivity (Wildman–Crippen MR) is 86.9 cm³/mol. The quantitative estimate of drug-likeness (QED) is 0.916. The molecule has 0 aromatic carbocycles. The zero-order chi connectivity index (χ0) is 15.1. The number of nitrogens with one attached hydrogen (secondary N) is 1. The molecule has 1 aliphatic rings. The lowest BCUT2D eigenvalue weighted by Crippen LogP contribution is -2.65. The number of piperazine rings is 1. The van der Waals surface area contributed by atoms with Crippen LogP contribution in [-0.2, 0) is 13.1 Å².